The van der Waals surface area contributed by atoms with E-state index in [1.807, 2.05) is 0 Å². The van der Waals surface area contributed by atoms with Crippen LogP contribution in [0, 0.1) is 0 Å². The SMILES string of the molecule is CN1C(c2ccc(P(c3ccccc3)c3ccccc3)cc2)=NC(c2cccc(-c3ccc4nc(-c5ccccc5)c5cccc(-c6ccccc6)c5c4c3)c2)=NC1c1ccccc1. The molecule has 2 heterocycles. The van der Waals surface area contributed by atoms with Crippen molar-refractivity contribution < 1.29 is 0 Å². The van der Waals surface area contributed by atoms with E-state index in [9.17, 15) is 0 Å². The molecular formula is C59H43N4P. The molecule has 4 nitrogen and oxygen atoms in total. The fourth-order valence-electron chi connectivity index (χ4n) is 8.96. The number of nitrogens with zero attached hydrogens (tertiary/aromatic N) is 4. The van der Waals surface area contributed by atoms with Crippen LogP contribution >= 0.6 is 7.92 Å². The van der Waals surface area contributed by atoms with Crippen LogP contribution in [0.3, 0.4) is 0 Å². The average Bonchev–Trinajstić information content (AvgIpc) is 3.37. The first-order chi connectivity index (χ1) is 31.7. The van der Waals surface area contributed by atoms with E-state index in [-0.39, 0.29) is 6.17 Å². The summed E-state index contributed by atoms with van der Waals surface area (Å²) in [5.41, 5.74) is 10.7. The molecule has 0 amide bonds. The summed E-state index contributed by atoms with van der Waals surface area (Å²) < 4.78 is 0. The van der Waals surface area contributed by atoms with Gasteiger partial charge in [-0.2, -0.15) is 0 Å². The Labute approximate surface area is 375 Å². The van der Waals surface area contributed by atoms with Crippen molar-refractivity contribution in [1.29, 1.82) is 0 Å². The van der Waals surface area contributed by atoms with E-state index in [4.69, 9.17) is 15.0 Å². The third kappa shape index (κ3) is 7.49. The zero-order valence-electron chi connectivity index (χ0n) is 35.3. The van der Waals surface area contributed by atoms with Crippen LogP contribution in [-0.4, -0.2) is 28.6 Å². The Morgan fingerprint density at radius 1 is 0.422 bits per heavy atom. The lowest BCUT2D eigenvalue weighted by Crippen LogP contribution is -2.35. The molecule has 10 aromatic rings. The highest BCUT2D eigenvalue weighted by Crippen LogP contribution is 2.40. The van der Waals surface area contributed by atoms with Gasteiger partial charge >= 0.3 is 0 Å². The molecule has 9 aromatic carbocycles. The van der Waals surface area contributed by atoms with Gasteiger partial charge in [-0.15, -0.1) is 0 Å². The van der Waals surface area contributed by atoms with Crippen LogP contribution in [-0.2, 0) is 0 Å². The standard InChI is InChI=1S/C59H43N4P/c1-63-58(43-23-11-4-12-24-43)61-57(62-59(63)44-33-36-50(37-34-44)64(48-27-13-5-14-28-48)49-29-15-6-16-30-49)47-26-17-25-45(39-47)46-35-38-54-53(40-46)55-51(41-19-7-2-8-20-41)31-18-32-52(55)56(60-54)42-21-9-3-10-22-42/h2-40,58H,1H3. The summed E-state index contributed by atoms with van der Waals surface area (Å²) in [7, 11) is 1.37. The van der Waals surface area contributed by atoms with Gasteiger partial charge in [-0.3, -0.25) is 0 Å². The quantitative estimate of drug-likeness (QED) is 0.107. The van der Waals surface area contributed by atoms with Crippen LogP contribution in [0.25, 0.3) is 55.2 Å². The summed E-state index contributed by atoms with van der Waals surface area (Å²) in [6.07, 6.45) is -0.258. The first-order valence-electron chi connectivity index (χ1n) is 21.7. The highest BCUT2D eigenvalue weighted by Gasteiger charge is 2.27. The van der Waals surface area contributed by atoms with Gasteiger partial charge in [0.15, 0.2) is 5.84 Å². The predicted octanol–water partition coefficient (Wildman–Crippen LogP) is 13.0. The molecule has 0 aliphatic carbocycles. The molecule has 0 fully saturated rings. The van der Waals surface area contributed by atoms with Gasteiger partial charge in [0, 0.05) is 39.9 Å². The van der Waals surface area contributed by atoms with Crippen LogP contribution in [0.1, 0.15) is 22.9 Å². The summed E-state index contributed by atoms with van der Waals surface area (Å²) in [6.45, 7) is 0. The predicted molar refractivity (Wildman–Crippen MR) is 271 cm³/mol. The minimum absolute atomic E-state index is 0.258. The third-order valence-electron chi connectivity index (χ3n) is 12.1. The lowest BCUT2D eigenvalue weighted by atomic mass is 9.91. The fourth-order valence-corrected chi connectivity index (χ4v) is 11.2. The van der Waals surface area contributed by atoms with Crippen molar-refractivity contribution in [2.24, 2.45) is 9.98 Å². The topological polar surface area (TPSA) is 40.9 Å². The van der Waals surface area contributed by atoms with Crippen molar-refractivity contribution in [3.63, 3.8) is 0 Å². The lowest BCUT2D eigenvalue weighted by molar-refractivity contribution is 0.383. The van der Waals surface area contributed by atoms with E-state index in [1.54, 1.807) is 0 Å². The number of rotatable bonds is 9. The van der Waals surface area contributed by atoms with E-state index >= 15 is 0 Å². The van der Waals surface area contributed by atoms with Gasteiger partial charge in [0.2, 0.25) is 0 Å². The normalized spacial score (nSPS) is 13.8. The summed E-state index contributed by atoms with van der Waals surface area (Å²) >= 11 is 0. The number of benzene rings is 9. The monoisotopic (exact) mass is 838 g/mol. The Hall–Kier alpha value is -7.78. The van der Waals surface area contributed by atoms with E-state index in [2.05, 4.69) is 249 Å². The minimum atomic E-state index is -0.732. The maximum atomic E-state index is 5.37. The van der Waals surface area contributed by atoms with Crippen LogP contribution in [0.5, 0.6) is 0 Å². The van der Waals surface area contributed by atoms with Crippen LogP contribution in [0.4, 0.5) is 0 Å². The van der Waals surface area contributed by atoms with Gasteiger partial charge in [-0.1, -0.05) is 218 Å². The molecule has 0 spiro atoms. The number of aliphatic imine (C=N–C) groups is 2. The summed E-state index contributed by atoms with van der Waals surface area (Å²) in [5, 5.41) is 7.39. The smallest absolute Gasteiger partial charge is 0.159 e. The Morgan fingerprint density at radius 2 is 0.953 bits per heavy atom. The van der Waals surface area contributed by atoms with Crippen LogP contribution < -0.4 is 15.9 Å². The van der Waals surface area contributed by atoms with Crippen molar-refractivity contribution in [1.82, 2.24) is 9.88 Å². The number of hydrogen-bond donors (Lipinski definition) is 0. The average molecular weight is 839 g/mol. The highest BCUT2D eigenvalue weighted by atomic mass is 31.1. The maximum Gasteiger partial charge on any atom is 0.159 e. The summed E-state index contributed by atoms with van der Waals surface area (Å²) in [4.78, 5) is 18.2. The van der Waals surface area contributed by atoms with Gasteiger partial charge in [-0.05, 0) is 69.9 Å². The molecule has 1 aromatic heterocycles. The fraction of sp³-hybridized carbons (Fsp3) is 0.0339. The molecule has 304 valence electrons. The molecule has 0 bridgehead atoms. The molecule has 1 aliphatic heterocycles. The molecule has 11 rings (SSSR count). The molecule has 5 heteroatoms. The zero-order chi connectivity index (χ0) is 42.8. The van der Waals surface area contributed by atoms with Gasteiger partial charge in [-0.25, -0.2) is 15.0 Å². The number of fused-ring (bicyclic) bond motifs is 3. The van der Waals surface area contributed by atoms with Crippen molar-refractivity contribution in [3.8, 4) is 33.5 Å². The van der Waals surface area contributed by atoms with Crippen molar-refractivity contribution >= 4 is 57.2 Å². The van der Waals surface area contributed by atoms with Crippen molar-refractivity contribution in [2.45, 2.75) is 6.17 Å². The number of amidine groups is 2. The zero-order valence-corrected chi connectivity index (χ0v) is 36.2. The summed E-state index contributed by atoms with van der Waals surface area (Å²) in [5.74, 6) is 1.58. The molecule has 1 aliphatic rings. The van der Waals surface area contributed by atoms with E-state index in [0.29, 0.717) is 5.84 Å². The second kappa shape index (κ2) is 17.2. The molecule has 0 N–H and O–H groups in total. The largest absolute Gasteiger partial charge is 0.333 e. The molecule has 64 heavy (non-hydrogen) atoms. The highest BCUT2D eigenvalue weighted by molar-refractivity contribution is 7.79. The molecule has 0 saturated heterocycles. The van der Waals surface area contributed by atoms with E-state index < -0.39 is 7.92 Å². The lowest BCUT2D eigenvalue weighted by Gasteiger charge is -2.32. The molecular weight excluding hydrogens is 796 g/mol. The van der Waals surface area contributed by atoms with Gasteiger partial charge in [0.05, 0.1) is 11.2 Å². The molecule has 1 unspecified atom stereocenters. The van der Waals surface area contributed by atoms with E-state index in [0.717, 1.165) is 61.2 Å². The van der Waals surface area contributed by atoms with Crippen molar-refractivity contribution in [3.05, 3.63) is 253 Å². The number of hydrogen-bond acceptors (Lipinski definition) is 4. The first-order valence-corrected chi connectivity index (χ1v) is 23.0. The summed E-state index contributed by atoms with van der Waals surface area (Å²) in [6, 6.07) is 84.4. The Kier molecular flexibility index (Phi) is 10.5. The van der Waals surface area contributed by atoms with Gasteiger partial charge in [0.25, 0.3) is 0 Å². The second-order valence-electron chi connectivity index (χ2n) is 16.1. The molecule has 0 saturated carbocycles. The van der Waals surface area contributed by atoms with Crippen molar-refractivity contribution in [2.75, 3.05) is 7.05 Å². The number of aromatic nitrogens is 1. The van der Waals surface area contributed by atoms with Crippen LogP contribution in [0.15, 0.2) is 247 Å². The van der Waals surface area contributed by atoms with Gasteiger partial charge in [0.1, 0.15) is 12.0 Å². The Morgan fingerprint density at radius 3 is 1.62 bits per heavy atom. The van der Waals surface area contributed by atoms with Gasteiger partial charge < -0.3 is 4.90 Å². The number of pyridine rings is 1. The van der Waals surface area contributed by atoms with E-state index in [1.165, 1.54) is 32.4 Å². The Balaban J connectivity index is 1.01. The Bertz CT molecular complexity index is 3280. The first kappa shape index (κ1) is 39.1. The molecule has 0 radical (unpaired) electrons. The third-order valence-corrected chi connectivity index (χ3v) is 14.5. The minimum Gasteiger partial charge on any atom is -0.333 e. The van der Waals surface area contributed by atoms with Crippen LogP contribution in [0.2, 0.25) is 0 Å². The molecule has 1 atom stereocenters. The maximum absolute atomic E-state index is 5.37. The second-order valence-corrected chi connectivity index (χ2v) is 18.3.